The predicted octanol–water partition coefficient (Wildman–Crippen LogP) is 1.92. The fourth-order valence-corrected chi connectivity index (χ4v) is 2.32. The number of anilines is 3. The molecule has 10 heteroatoms. The summed E-state index contributed by atoms with van der Waals surface area (Å²) in [6.07, 6.45) is 1.29. The van der Waals surface area contributed by atoms with Gasteiger partial charge >= 0.3 is 12.0 Å². The van der Waals surface area contributed by atoms with Crippen molar-refractivity contribution < 1.29 is 23.8 Å². The van der Waals surface area contributed by atoms with Crippen LogP contribution < -0.4 is 25.4 Å². The number of aromatic nitrogens is 2. The first-order valence-corrected chi connectivity index (χ1v) is 8.30. The standard InChI is InChI=1S/C17H19N5O5/c1-3-25-15(23)11-9-19-16(22-17(24)18-2)21-14(11)20-10-4-5-12-13(8-10)27-7-6-26-12/h4-5,8-9H,3,6-7H2,1-2H3,(H3,18,19,20,21,22,24). The molecule has 1 aromatic heterocycles. The first-order chi connectivity index (χ1) is 13.1. The zero-order valence-electron chi connectivity index (χ0n) is 14.9. The zero-order chi connectivity index (χ0) is 19.2. The lowest BCUT2D eigenvalue weighted by Gasteiger charge is -2.19. The van der Waals surface area contributed by atoms with E-state index in [0.29, 0.717) is 30.4 Å². The molecule has 1 aliphatic rings. The lowest BCUT2D eigenvalue weighted by atomic mass is 10.2. The van der Waals surface area contributed by atoms with Crippen molar-refractivity contribution in [3.8, 4) is 11.5 Å². The number of esters is 1. The Balaban J connectivity index is 1.91. The summed E-state index contributed by atoms with van der Waals surface area (Å²) in [6.45, 7) is 2.86. The Morgan fingerprint density at radius 2 is 2.00 bits per heavy atom. The molecule has 2 heterocycles. The summed E-state index contributed by atoms with van der Waals surface area (Å²) in [4.78, 5) is 31.9. The highest BCUT2D eigenvalue weighted by Crippen LogP contribution is 2.34. The monoisotopic (exact) mass is 373 g/mol. The number of nitrogens with one attached hydrogen (secondary N) is 3. The summed E-state index contributed by atoms with van der Waals surface area (Å²) < 4.78 is 16.1. The number of carbonyl (C=O) groups excluding carboxylic acids is 2. The quantitative estimate of drug-likeness (QED) is 0.679. The maximum atomic E-state index is 12.2. The van der Waals surface area contributed by atoms with Crippen molar-refractivity contribution in [2.24, 2.45) is 0 Å². The molecule has 0 fully saturated rings. The minimum Gasteiger partial charge on any atom is -0.486 e. The van der Waals surface area contributed by atoms with Crippen LogP contribution in [0.4, 0.5) is 22.2 Å². The van der Waals surface area contributed by atoms with E-state index in [4.69, 9.17) is 14.2 Å². The van der Waals surface area contributed by atoms with Crippen molar-refractivity contribution in [3.05, 3.63) is 30.0 Å². The van der Waals surface area contributed by atoms with E-state index in [9.17, 15) is 9.59 Å². The Kier molecular flexibility index (Phi) is 5.55. The Morgan fingerprint density at radius 3 is 2.74 bits per heavy atom. The molecule has 3 rings (SSSR count). The molecule has 1 aromatic carbocycles. The van der Waals surface area contributed by atoms with Crippen molar-refractivity contribution in [1.82, 2.24) is 15.3 Å². The van der Waals surface area contributed by atoms with Crippen LogP contribution in [-0.4, -0.2) is 48.8 Å². The number of hydrogen-bond acceptors (Lipinski definition) is 8. The molecule has 0 radical (unpaired) electrons. The van der Waals surface area contributed by atoms with E-state index >= 15 is 0 Å². The van der Waals surface area contributed by atoms with E-state index in [1.54, 1.807) is 25.1 Å². The van der Waals surface area contributed by atoms with Crippen molar-refractivity contribution in [3.63, 3.8) is 0 Å². The topological polar surface area (TPSA) is 124 Å². The Hall–Kier alpha value is -3.56. The maximum Gasteiger partial charge on any atom is 0.343 e. The maximum absolute atomic E-state index is 12.2. The first-order valence-electron chi connectivity index (χ1n) is 8.30. The third kappa shape index (κ3) is 4.35. The normalized spacial score (nSPS) is 12.1. The minimum absolute atomic E-state index is 0.0300. The lowest BCUT2D eigenvalue weighted by molar-refractivity contribution is 0.0526. The number of fused-ring (bicyclic) bond motifs is 1. The van der Waals surface area contributed by atoms with Gasteiger partial charge in [0.2, 0.25) is 5.95 Å². The fourth-order valence-electron chi connectivity index (χ4n) is 2.32. The van der Waals surface area contributed by atoms with Crippen LogP contribution in [0.25, 0.3) is 0 Å². The average Bonchev–Trinajstić information content (AvgIpc) is 2.68. The van der Waals surface area contributed by atoms with E-state index in [1.165, 1.54) is 13.2 Å². The van der Waals surface area contributed by atoms with E-state index in [0.717, 1.165) is 0 Å². The van der Waals surface area contributed by atoms with Gasteiger partial charge in [0, 0.05) is 25.0 Å². The summed E-state index contributed by atoms with van der Waals surface area (Å²) in [6, 6.07) is 4.77. The summed E-state index contributed by atoms with van der Waals surface area (Å²) in [5.41, 5.74) is 0.753. The molecule has 0 saturated heterocycles. The molecule has 0 saturated carbocycles. The second-order valence-electron chi connectivity index (χ2n) is 5.36. The second-order valence-corrected chi connectivity index (χ2v) is 5.36. The number of amides is 2. The molecule has 0 unspecified atom stereocenters. The van der Waals surface area contributed by atoms with E-state index < -0.39 is 12.0 Å². The summed E-state index contributed by atoms with van der Waals surface area (Å²) >= 11 is 0. The molecular weight excluding hydrogens is 354 g/mol. The molecular formula is C17H19N5O5. The number of rotatable bonds is 5. The van der Waals surface area contributed by atoms with Gasteiger partial charge in [-0.05, 0) is 19.1 Å². The number of benzene rings is 1. The van der Waals surface area contributed by atoms with E-state index in [1.807, 2.05) is 0 Å². The van der Waals surface area contributed by atoms with E-state index in [2.05, 4.69) is 25.9 Å². The van der Waals surface area contributed by atoms with Gasteiger partial charge in [0.25, 0.3) is 0 Å². The highest BCUT2D eigenvalue weighted by atomic mass is 16.6. The molecule has 0 atom stereocenters. The van der Waals surface area contributed by atoms with Gasteiger partial charge in [-0.25, -0.2) is 14.6 Å². The van der Waals surface area contributed by atoms with Gasteiger partial charge in [0.15, 0.2) is 17.3 Å². The predicted molar refractivity (Wildman–Crippen MR) is 96.8 cm³/mol. The third-order valence-electron chi connectivity index (χ3n) is 3.54. The van der Waals surface area contributed by atoms with Crippen LogP contribution in [-0.2, 0) is 4.74 Å². The smallest absolute Gasteiger partial charge is 0.343 e. The average molecular weight is 373 g/mol. The van der Waals surface area contributed by atoms with Gasteiger partial charge < -0.3 is 24.8 Å². The van der Waals surface area contributed by atoms with Crippen molar-refractivity contribution >= 4 is 29.5 Å². The van der Waals surface area contributed by atoms with Crippen molar-refractivity contribution in [1.29, 1.82) is 0 Å². The molecule has 2 amide bonds. The fraction of sp³-hybridized carbons (Fsp3) is 0.294. The number of urea groups is 1. The molecule has 1 aliphatic heterocycles. The molecule has 10 nitrogen and oxygen atoms in total. The van der Waals surface area contributed by atoms with Gasteiger partial charge in [0.1, 0.15) is 18.8 Å². The molecule has 0 aliphatic carbocycles. The van der Waals surface area contributed by atoms with Crippen LogP contribution in [0.3, 0.4) is 0 Å². The van der Waals surface area contributed by atoms with Crippen LogP contribution in [0.15, 0.2) is 24.4 Å². The van der Waals surface area contributed by atoms with Gasteiger partial charge in [-0.3, -0.25) is 5.32 Å². The number of nitrogens with zero attached hydrogens (tertiary/aromatic N) is 2. The van der Waals surface area contributed by atoms with Gasteiger partial charge in [-0.1, -0.05) is 0 Å². The summed E-state index contributed by atoms with van der Waals surface area (Å²) in [5.74, 6) is 0.863. The zero-order valence-corrected chi connectivity index (χ0v) is 14.9. The van der Waals surface area contributed by atoms with Crippen molar-refractivity contribution in [2.75, 3.05) is 37.5 Å². The number of hydrogen-bond donors (Lipinski definition) is 3. The van der Waals surface area contributed by atoms with Crippen LogP contribution in [0.1, 0.15) is 17.3 Å². The van der Waals surface area contributed by atoms with Crippen LogP contribution >= 0.6 is 0 Å². The van der Waals surface area contributed by atoms with Gasteiger partial charge in [0.05, 0.1) is 6.61 Å². The third-order valence-corrected chi connectivity index (χ3v) is 3.54. The largest absolute Gasteiger partial charge is 0.486 e. The highest BCUT2D eigenvalue weighted by Gasteiger charge is 2.18. The summed E-state index contributed by atoms with van der Waals surface area (Å²) in [5, 5.41) is 7.89. The van der Waals surface area contributed by atoms with Gasteiger partial charge in [-0.2, -0.15) is 4.98 Å². The molecule has 3 N–H and O–H groups in total. The van der Waals surface area contributed by atoms with Crippen LogP contribution in [0.5, 0.6) is 11.5 Å². The molecule has 0 spiro atoms. The molecule has 2 aromatic rings. The lowest BCUT2D eigenvalue weighted by Crippen LogP contribution is -2.26. The molecule has 27 heavy (non-hydrogen) atoms. The van der Waals surface area contributed by atoms with Crippen molar-refractivity contribution in [2.45, 2.75) is 6.92 Å². The second kappa shape index (κ2) is 8.21. The minimum atomic E-state index is -0.580. The first kappa shape index (κ1) is 18.2. The number of ether oxygens (including phenoxy) is 3. The SMILES string of the molecule is CCOC(=O)c1cnc(NC(=O)NC)nc1Nc1ccc2c(c1)OCCO2. The van der Waals surface area contributed by atoms with Crippen LogP contribution in [0.2, 0.25) is 0 Å². The number of carbonyl (C=O) groups is 2. The molecule has 0 bridgehead atoms. The Morgan fingerprint density at radius 1 is 1.22 bits per heavy atom. The molecule has 142 valence electrons. The van der Waals surface area contributed by atoms with E-state index in [-0.39, 0.29) is 23.9 Å². The Bertz CT molecular complexity index is 858. The summed E-state index contributed by atoms with van der Waals surface area (Å²) in [7, 11) is 1.47. The van der Waals surface area contributed by atoms with Crippen LogP contribution in [0, 0.1) is 0 Å². The van der Waals surface area contributed by atoms with Gasteiger partial charge in [-0.15, -0.1) is 0 Å². The Labute approximate surface area is 155 Å². The highest BCUT2D eigenvalue weighted by molar-refractivity contribution is 5.96.